The second kappa shape index (κ2) is 7.04. The van der Waals surface area contributed by atoms with Gasteiger partial charge in [-0.15, -0.1) is 0 Å². The Bertz CT molecular complexity index is 358. The van der Waals surface area contributed by atoms with Crippen LogP contribution in [0.2, 0.25) is 0 Å². The van der Waals surface area contributed by atoms with Crippen molar-refractivity contribution in [2.45, 2.75) is 45.4 Å². The molecule has 0 spiro atoms. The molecule has 0 radical (unpaired) electrons. The summed E-state index contributed by atoms with van der Waals surface area (Å²) in [6, 6.07) is 0. The van der Waals surface area contributed by atoms with E-state index in [0.717, 1.165) is 45.4 Å². The van der Waals surface area contributed by atoms with E-state index in [0.29, 0.717) is 17.6 Å². The van der Waals surface area contributed by atoms with E-state index < -0.39 is 10.0 Å². The molecule has 2 aliphatic rings. The largest absolute Gasteiger partial charge is 0.317 e. The minimum Gasteiger partial charge on any atom is -0.317 e. The first-order valence-electron chi connectivity index (χ1n) is 7.80. The molecule has 5 heteroatoms. The van der Waals surface area contributed by atoms with Gasteiger partial charge in [-0.3, -0.25) is 0 Å². The summed E-state index contributed by atoms with van der Waals surface area (Å²) in [6.07, 6.45) is 6.66. The molecule has 0 aromatic carbocycles. The van der Waals surface area contributed by atoms with Gasteiger partial charge in [0.25, 0.3) is 0 Å². The van der Waals surface area contributed by atoms with Crippen LogP contribution in [0.3, 0.4) is 0 Å². The molecule has 112 valence electrons. The summed E-state index contributed by atoms with van der Waals surface area (Å²) in [4.78, 5) is 0. The number of piperidine rings is 1. The smallest absolute Gasteiger partial charge is 0.214 e. The van der Waals surface area contributed by atoms with Crippen LogP contribution in [0.4, 0.5) is 0 Å². The highest BCUT2D eigenvalue weighted by atomic mass is 32.2. The van der Waals surface area contributed by atoms with Gasteiger partial charge in [-0.25, -0.2) is 12.7 Å². The van der Waals surface area contributed by atoms with Gasteiger partial charge in [0.2, 0.25) is 10.0 Å². The van der Waals surface area contributed by atoms with Crippen molar-refractivity contribution in [2.75, 3.05) is 31.9 Å². The number of nitrogens with one attached hydrogen (secondary N) is 1. The minimum absolute atomic E-state index is 0.371. The van der Waals surface area contributed by atoms with Crippen LogP contribution in [-0.4, -0.2) is 44.7 Å². The number of rotatable bonds is 7. The highest BCUT2D eigenvalue weighted by Crippen LogP contribution is 2.30. The monoisotopic (exact) mass is 288 g/mol. The Morgan fingerprint density at radius 3 is 2.32 bits per heavy atom. The second-order valence-electron chi connectivity index (χ2n) is 6.05. The summed E-state index contributed by atoms with van der Waals surface area (Å²) in [5, 5.41) is 3.36. The number of nitrogens with zero attached hydrogens (tertiary/aromatic N) is 1. The highest BCUT2D eigenvalue weighted by molar-refractivity contribution is 7.89. The molecule has 19 heavy (non-hydrogen) atoms. The normalized spacial score (nSPS) is 23.4. The maximum atomic E-state index is 12.3. The molecule has 0 bridgehead atoms. The highest BCUT2D eigenvalue weighted by Gasteiger charge is 2.29. The predicted octanol–water partition coefficient (Wildman–Crippen LogP) is 1.83. The van der Waals surface area contributed by atoms with Crippen molar-refractivity contribution in [2.24, 2.45) is 11.8 Å². The van der Waals surface area contributed by atoms with Crippen molar-refractivity contribution in [1.29, 1.82) is 0 Å². The van der Waals surface area contributed by atoms with Gasteiger partial charge in [0.1, 0.15) is 0 Å². The van der Waals surface area contributed by atoms with E-state index in [1.165, 1.54) is 19.3 Å². The molecular weight excluding hydrogens is 260 g/mol. The lowest BCUT2D eigenvalue weighted by Crippen LogP contribution is -2.42. The van der Waals surface area contributed by atoms with Crippen molar-refractivity contribution in [3.63, 3.8) is 0 Å². The first-order valence-corrected chi connectivity index (χ1v) is 9.41. The Balaban J connectivity index is 1.72. The molecule has 0 atom stereocenters. The van der Waals surface area contributed by atoms with Crippen LogP contribution in [0.1, 0.15) is 45.4 Å². The first-order chi connectivity index (χ1) is 9.12. The van der Waals surface area contributed by atoms with Gasteiger partial charge in [0.15, 0.2) is 0 Å². The Morgan fingerprint density at radius 1 is 1.11 bits per heavy atom. The molecular formula is C14H28N2O2S. The van der Waals surface area contributed by atoms with Crippen LogP contribution in [-0.2, 0) is 10.0 Å². The fourth-order valence-electron chi connectivity index (χ4n) is 2.97. The number of sulfonamides is 1. The number of hydrogen-bond donors (Lipinski definition) is 1. The third-order valence-corrected chi connectivity index (χ3v) is 6.56. The molecule has 1 aliphatic heterocycles. The lowest BCUT2D eigenvalue weighted by atomic mass is 9.84. The fourth-order valence-corrected chi connectivity index (χ4v) is 4.62. The molecule has 1 heterocycles. The number of hydrogen-bond acceptors (Lipinski definition) is 3. The lowest BCUT2D eigenvalue weighted by molar-refractivity contribution is 0.264. The van der Waals surface area contributed by atoms with Crippen molar-refractivity contribution >= 4 is 10.0 Å². The van der Waals surface area contributed by atoms with Gasteiger partial charge in [0.05, 0.1) is 5.75 Å². The van der Waals surface area contributed by atoms with Crippen molar-refractivity contribution < 1.29 is 8.42 Å². The molecule has 0 amide bonds. The molecule has 0 aromatic rings. The minimum atomic E-state index is -2.99. The molecule has 4 nitrogen and oxygen atoms in total. The molecule has 1 aliphatic carbocycles. The SMILES string of the molecule is CCNCC1CCN(S(=O)(=O)CCC2CCC2)CC1. The van der Waals surface area contributed by atoms with Crippen LogP contribution in [0.25, 0.3) is 0 Å². The molecule has 2 fully saturated rings. The van der Waals surface area contributed by atoms with E-state index in [9.17, 15) is 8.42 Å². The van der Waals surface area contributed by atoms with Crippen LogP contribution in [0, 0.1) is 11.8 Å². The molecule has 1 saturated carbocycles. The maximum absolute atomic E-state index is 12.3. The average molecular weight is 288 g/mol. The predicted molar refractivity (Wildman–Crippen MR) is 78.6 cm³/mol. The van der Waals surface area contributed by atoms with Crippen LogP contribution < -0.4 is 5.32 Å². The van der Waals surface area contributed by atoms with Gasteiger partial charge >= 0.3 is 0 Å². The van der Waals surface area contributed by atoms with Crippen molar-refractivity contribution in [3.05, 3.63) is 0 Å². The third kappa shape index (κ3) is 4.43. The summed E-state index contributed by atoms with van der Waals surface area (Å²) in [5.41, 5.74) is 0. The molecule has 1 saturated heterocycles. The Hall–Kier alpha value is -0.130. The van der Waals surface area contributed by atoms with E-state index in [1.807, 2.05) is 0 Å². The van der Waals surface area contributed by atoms with Gasteiger partial charge in [0, 0.05) is 13.1 Å². The lowest BCUT2D eigenvalue weighted by Gasteiger charge is -2.32. The zero-order valence-electron chi connectivity index (χ0n) is 12.1. The molecule has 2 rings (SSSR count). The zero-order valence-corrected chi connectivity index (χ0v) is 12.9. The Morgan fingerprint density at radius 2 is 1.79 bits per heavy atom. The van der Waals surface area contributed by atoms with E-state index in [2.05, 4.69) is 12.2 Å². The van der Waals surface area contributed by atoms with Gasteiger partial charge in [-0.05, 0) is 44.2 Å². The summed E-state index contributed by atoms with van der Waals surface area (Å²) in [6.45, 7) is 5.60. The first kappa shape index (κ1) is 15.3. The van der Waals surface area contributed by atoms with E-state index in [4.69, 9.17) is 0 Å². The Kier molecular flexibility index (Phi) is 5.66. The summed E-state index contributed by atoms with van der Waals surface area (Å²) < 4.78 is 26.3. The van der Waals surface area contributed by atoms with Crippen LogP contribution >= 0.6 is 0 Å². The van der Waals surface area contributed by atoms with Gasteiger partial charge in [-0.1, -0.05) is 26.2 Å². The van der Waals surface area contributed by atoms with E-state index in [-0.39, 0.29) is 0 Å². The van der Waals surface area contributed by atoms with Crippen molar-refractivity contribution in [1.82, 2.24) is 9.62 Å². The van der Waals surface area contributed by atoms with Crippen LogP contribution in [0.15, 0.2) is 0 Å². The quantitative estimate of drug-likeness (QED) is 0.777. The molecule has 0 aromatic heterocycles. The summed E-state index contributed by atoms with van der Waals surface area (Å²) >= 11 is 0. The van der Waals surface area contributed by atoms with Crippen LogP contribution in [0.5, 0.6) is 0 Å². The average Bonchev–Trinajstić information content (AvgIpc) is 2.35. The zero-order chi connectivity index (χ0) is 13.7. The topological polar surface area (TPSA) is 49.4 Å². The second-order valence-corrected chi connectivity index (χ2v) is 8.14. The molecule has 1 N–H and O–H groups in total. The molecule has 0 unspecified atom stereocenters. The Labute approximate surface area is 118 Å². The van der Waals surface area contributed by atoms with E-state index >= 15 is 0 Å². The van der Waals surface area contributed by atoms with Crippen molar-refractivity contribution in [3.8, 4) is 0 Å². The third-order valence-electron chi connectivity index (χ3n) is 4.66. The summed E-state index contributed by atoms with van der Waals surface area (Å²) in [5.74, 6) is 1.70. The van der Waals surface area contributed by atoms with Gasteiger partial charge < -0.3 is 5.32 Å². The van der Waals surface area contributed by atoms with E-state index in [1.54, 1.807) is 4.31 Å². The standard InChI is InChI=1S/C14H28N2O2S/c1-2-15-12-14-6-9-16(10-7-14)19(17,18)11-8-13-4-3-5-13/h13-15H,2-12H2,1H3. The fraction of sp³-hybridized carbons (Fsp3) is 1.00. The maximum Gasteiger partial charge on any atom is 0.214 e. The summed E-state index contributed by atoms with van der Waals surface area (Å²) in [7, 11) is -2.99. The van der Waals surface area contributed by atoms with Gasteiger partial charge in [-0.2, -0.15) is 0 Å².